The van der Waals surface area contributed by atoms with Crippen molar-refractivity contribution in [3.8, 4) is 5.75 Å². The molecule has 0 amide bonds. The molecule has 1 aromatic heterocycles. The van der Waals surface area contributed by atoms with Crippen LogP contribution in [0.4, 0.5) is 0 Å². The molecule has 148 valence electrons. The number of nitrogens with zero attached hydrogens (tertiary/aromatic N) is 3. The van der Waals surface area contributed by atoms with Crippen LogP contribution in [-0.4, -0.2) is 20.1 Å². The van der Waals surface area contributed by atoms with Gasteiger partial charge in [0.15, 0.2) is 0 Å². The van der Waals surface area contributed by atoms with Gasteiger partial charge in [0, 0.05) is 11.8 Å². The van der Waals surface area contributed by atoms with Gasteiger partial charge in [-0.3, -0.25) is 0 Å². The van der Waals surface area contributed by atoms with Crippen molar-refractivity contribution in [2.75, 3.05) is 0 Å². The summed E-state index contributed by atoms with van der Waals surface area (Å²) in [7, 11) is 0. The number of fused-ring (bicyclic) bond motifs is 1. The molecule has 1 heterocycles. The second-order valence-corrected chi connectivity index (χ2v) is 7.74. The lowest BCUT2D eigenvalue weighted by molar-refractivity contribution is 0.467. The topological polar surface area (TPSA) is 50.9 Å². The molecule has 0 bridgehead atoms. The number of benzene rings is 3. The molecule has 5 rings (SSSR count). The number of hydrogen-bond donors (Lipinski definition) is 1. The fourth-order valence-electron chi connectivity index (χ4n) is 4.26. The number of phenolic OH excluding ortho intramolecular Hbond substituents is 1. The van der Waals surface area contributed by atoms with Crippen LogP contribution in [-0.2, 0) is 13.0 Å². The Hall–Kier alpha value is -3.66. The van der Waals surface area contributed by atoms with Crippen LogP contribution in [0.15, 0.2) is 90.6 Å². The first-order chi connectivity index (χ1) is 14.8. The van der Waals surface area contributed by atoms with Crippen LogP contribution in [0.5, 0.6) is 5.75 Å². The largest absolute Gasteiger partial charge is 0.508 e. The quantitative estimate of drug-likeness (QED) is 0.507. The minimum atomic E-state index is 0.0548. The van der Waals surface area contributed by atoms with Gasteiger partial charge in [0.2, 0.25) is 0 Å². The van der Waals surface area contributed by atoms with E-state index in [9.17, 15) is 5.11 Å². The number of rotatable bonds is 5. The van der Waals surface area contributed by atoms with Gasteiger partial charge in [-0.1, -0.05) is 84.1 Å². The van der Waals surface area contributed by atoms with Crippen molar-refractivity contribution in [2.45, 2.75) is 25.3 Å². The predicted molar refractivity (Wildman–Crippen MR) is 118 cm³/mol. The van der Waals surface area contributed by atoms with Gasteiger partial charge in [0.25, 0.3) is 0 Å². The summed E-state index contributed by atoms with van der Waals surface area (Å²) in [6.07, 6.45) is 6.00. The van der Waals surface area contributed by atoms with Crippen molar-refractivity contribution < 1.29 is 5.11 Å². The molecule has 0 spiro atoms. The first kappa shape index (κ1) is 18.4. The van der Waals surface area contributed by atoms with E-state index in [0.717, 1.165) is 29.7 Å². The second kappa shape index (κ2) is 7.99. The Labute approximate surface area is 176 Å². The van der Waals surface area contributed by atoms with E-state index >= 15 is 0 Å². The molecule has 0 aliphatic heterocycles. The summed E-state index contributed by atoms with van der Waals surface area (Å²) in [5, 5.41) is 19.0. The van der Waals surface area contributed by atoms with Crippen molar-refractivity contribution in [2.24, 2.45) is 0 Å². The average molecular weight is 393 g/mol. The molecule has 4 aromatic rings. The predicted octanol–water partition coefficient (Wildman–Crippen LogP) is 5.19. The number of allylic oxidation sites excluding steroid dienone is 1. The third-order valence-corrected chi connectivity index (χ3v) is 5.73. The molecule has 1 aliphatic rings. The molecule has 0 radical (unpaired) electrons. The Balaban J connectivity index is 1.44. The Kier molecular flexibility index (Phi) is 4.89. The summed E-state index contributed by atoms with van der Waals surface area (Å²) in [4.78, 5) is 0. The smallest absolute Gasteiger partial charge is 0.119 e. The molecule has 3 aromatic carbocycles. The molecule has 0 fully saturated rings. The Morgan fingerprint density at radius 3 is 2.23 bits per heavy atom. The normalized spacial score (nSPS) is 13.2. The second-order valence-electron chi connectivity index (χ2n) is 7.74. The highest BCUT2D eigenvalue weighted by Crippen LogP contribution is 2.32. The van der Waals surface area contributed by atoms with Gasteiger partial charge >= 0.3 is 0 Å². The van der Waals surface area contributed by atoms with E-state index < -0.39 is 0 Å². The zero-order chi connectivity index (χ0) is 20.3. The van der Waals surface area contributed by atoms with Crippen LogP contribution >= 0.6 is 0 Å². The van der Waals surface area contributed by atoms with Crippen molar-refractivity contribution in [1.82, 2.24) is 15.0 Å². The Morgan fingerprint density at radius 1 is 0.833 bits per heavy atom. The van der Waals surface area contributed by atoms with Crippen LogP contribution in [0.3, 0.4) is 0 Å². The minimum absolute atomic E-state index is 0.0548. The van der Waals surface area contributed by atoms with E-state index in [1.165, 1.54) is 16.7 Å². The summed E-state index contributed by atoms with van der Waals surface area (Å²) in [5.74, 6) is 0.443. The van der Waals surface area contributed by atoms with Gasteiger partial charge < -0.3 is 5.11 Å². The Morgan fingerprint density at radius 2 is 1.53 bits per heavy atom. The molecule has 1 N–H and O–H groups in total. The highest BCUT2D eigenvalue weighted by atomic mass is 16.3. The fraction of sp³-hybridized carbons (Fsp3) is 0.154. The molecular formula is C26H23N3O. The Bertz CT molecular complexity index is 1140. The first-order valence-electron chi connectivity index (χ1n) is 10.3. The van der Waals surface area contributed by atoms with Crippen LogP contribution in [0.2, 0.25) is 0 Å². The van der Waals surface area contributed by atoms with Crippen LogP contribution in [0.25, 0.3) is 6.08 Å². The first-order valence-corrected chi connectivity index (χ1v) is 10.3. The van der Waals surface area contributed by atoms with E-state index in [2.05, 4.69) is 77.2 Å². The lowest BCUT2D eigenvalue weighted by atomic mass is 9.89. The van der Waals surface area contributed by atoms with Gasteiger partial charge in [-0.05, 0) is 41.2 Å². The van der Waals surface area contributed by atoms with E-state index in [0.29, 0.717) is 12.3 Å². The monoisotopic (exact) mass is 393 g/mol. The molecule has 0 unspecified atom stereocenters. The van der Waals surface area contributed by atoms with Crippen LogP contribution in [0.1, 0.15) is 40.3 Å². The van der Waals surface area contributed by atoms with Crippen LogP contribution < -0.4 is 0 Å². The summed E-state index contributed by atoms with van der Waals surface area (Å²) >= 11 is 0. The molecule has 30 heavy (non-hydrogen) atoms. The van der Waals surface area contributed by atoms with Gasteiger partial charge in [0.05, 0.1) is 18.2 Å². The van der Waals surface area contributed by atoms with Crippen molar-refractivity contribution >= 4 is 6.08 Å². The maximum atomic E-state index is 10.1. The third-order valence-electron chi connectivity index (χ3n) is 5.73. The zero-order valence-electron chi connectivity index (χ0n) is 16.6. The zero-order valence-corrected chi connectivity index (χ0v) is 16.6. The highest BCUT2D eigenvalue weighted by Gasteiger charge is 2.20. The molecule has 4 nitrogen and oxygen atoms in total. The third kappa shape index (κ3) is 3.64. The maximum Gasteiger partial charge on any atom is 0.119 e. The lowest BCUT2D eigenvalue weighted by Crippen LogP contribution is -2.07. The van der Waals surface area contributed by atoms with Crippen molar-refractivity contribution in [3.63, 3.8) is 0 Å². The number of phenols is 1. The van der Waals surface area contributed by atoms with E-state index in [1.54, 1.807) is 6.07 Å². The van der Waals surface area contributed by atoms with Gasteiger partial charge in [-0.2, -0.15) is 0 Å². The van der Waals surface area contributed by atoms with Gasteiger partial charge in [-0.15, -0.1) is 5.10 Å². The molecule has 1 aliphatic carbocycles. The van der Waals surface area contributed by atoms with Crippen LogP contribution in [0, 0.1) is 0 Å². The maximum absolute atomic E-state index is 10.1. The molecule has 0 saturated heterocycles. The number of aromatic nitrogens is 3. The highest BCUT2D eigenvalue weighted by molar-refractivity contribution is 5.62. The molecule has 0 atom stereocenters. The molecule has 0 saturated carbocycles. The summed E-state index contributed by atoms with van der Waals surface area (Å²) in [6.45, 7) is 0.707. The van der Waals surface area contributed by atoms with Gasteiger partial charge in [-0.25, -0.2) is 4.68 Å². The van der Waals surface area contributed by atoms with E-state index in [1.807, 2.05) is 22.9 Å². The number of hydrogen-bond acceptors (Lipinski definition) is 3. The van der Waals surface area contributed by atoms with E-state index in [-0.39, 0.29) is 5.92 Å². The summed E-state index contributed by atoms with van der Waals surface area (Å²) in [5.41, 5.74) is 6.79. The number of aromatic hydroxyl groups is 1. The minimum Gasteiger partial charge on any atom is -0.508 e. The average Bonchev–Trinajstić information content (AvgIpc) is 3.23. The fourth-order valence-corrected chi connectivity index (χ4v) is 4.26. The molecular weight excluding hydrogens is 370 g/mol. The summed E-state index contributed by atoms with van der Waals surface area (Å²) < 4.78 is 1.92. The summed E-state index contributed by atoms with van der Waals surface area (Å²) in [6, 6.07) is 26.6. The molecule has 4 heteroatoms. The standard InChI is InChI=1S/C26H23N3O/c30-25-13-7-12-22-16-19(14-15-23(22)25)17-29-18-24(27-28-29)26(20-8-3-1-4-9-20)21-10-5-2-6-11-21/h1-13,16,18,26,30H,14-15,17H2. The van der Waals surface area contributed by atoms with Crippen molar-refractivity contribution in [3.05, 3.63) is 119 Å². The lowest BCUT2D eigenvalue weighted by Gasteiger charge is -2.17. The van der Waals surface area contributed by atoms with Crippen molar-refractivity contribution in [1.29, 1.82) is 0 Å². The van der Waals surface area contributed by atoms with E-state index in [4.69, 9.17) is 0 Å². The van der Waals surface area contributed by atoms with Gasteiger partial charge in [0.1, 0.15) is 5.75 Å². The SMILES string of the molecule is Oc1cccc2c1CCC(Cn1cc(C(c3ccccc3)c3ccccc3)nn1)=C2.